The van der Waals surface area contributed by atoms with E-state index in [9.17, 15) is 19.5 Å². The number of likely N-dealkylation sites (tertiary alicyclic amines) is 1. The molecule has 0 radical (unpaired) electrons. The molecule has 0 aliphatic carbocycles. The van der Waals surface area contributed by atoms with Crippen LogP contribution in [0.25, 0.3) is 0 Å². The van der Waals surface area contributed by atoms with Gasteiger partial charge in [-0.15, -0.1) is 0 Å². The molecule has 4 aliphatic rings. The summed E-state index contributed by atoms with van der Waals surface area (Å²) in [5, 5.41) is 10.3. The number of carbonyl (C=O) groups excluding carboxylic acids is 3. The molecule has 196 valence electrons. The van der Waals surface area contributed by atoms with Crippen LogP contribution in [0.5, 0.6) is 0 Å². The van der Waals surface area contributed by atoms with Gasteiger partial charge in [0, 0.05) is 25.3 Å². The summed E-state index contributed by atoms with van der Waals surface area (Å²) < 4.78 is 6.61. The fourth-order valence-corrected chi connectivity index (χ4v) is 6.81. The molecule has 2 saturated heterocycles. The lowest BCUT2D eigenvalue weighted by molar-refractivity contribution is -0.141. The molecule has 2 aromatic carbocycles. The van der Waals surface area contributed by atoms with Gasteiger partial charge in [-0.05, 0) is 30.7 Å². The van der Waals surface area contributed by atoms with E-state index in [1.807, 2.05) is 67.6 Å². The van der Waals surface area contributed by atoms with Crippen LogP contribution in [0.4, 0.5) is 11.4 Å². The molecular formula is C29H28ClN3O5. The zero-order valence-corrected chi connectivity index (χ0v) is 21.6. The molecule has 3 amide bonds. The molecule has 5 atom stereocenters. The quantitative estimate of drug-likeness (QED) is 0.610. The number of para-hydroxylation sites is 2. The first-order valence-corrected chi connectivity index (χ1v) is 13.1. The first-order chi connectivity index (χ1) is 18.4. The van der Waals surface area contributed by atoms with Gasteiger partial charge < -0.3 is 24.5 Å². The Morgan fingerprint density at radius 2 is 1.74 bits per heavy atom. The average Bonchev–Trinajstić information content (AvgIpc) is 3.21. The number of β-amino-alcohol motifs (C(OH)–C–C–N with tert-alkyl or cyclic N) is 1. The number of aliphatic hydroxyl groups excluding tert-OH is 1. The molecule has 0 aromatic heterocycles. The smallest absolute Gasteiger partial charge is 0.253 e. The second kappa shape index (κ2) is 9.38. The van der Waals surface area contributed by atoms with Crippen LogP contribution in [0.1, 0.15) is 5.56 Å². The summed E-state index contributed by atoms with van der Waals surface area (Å²) in [6, 6.07) is 13.7. The third-order valence-corrected chi connectivity index (χ3v) is 8.33. The zero-order valence-electron chi connectivity index (χ0n) is 20.9. The van der Waals surface area contributed by atoms with Gasteiger partial charge in [-0.3, -0.25) is 14.4 Å². The average molecular weight is 534 g/mol. The Morgan fingerprint density at radius 1 is 0.974 bits per heavy atom. The maximum Gasteiger partial charge on any atom is 0.253 e. The zero-order chi connectivity index (χ0) is 26.6. The minimum absolute atomic E-state index is 0.0517. The van der Waals surface area contributed by atoms with Crippen molar-refractivity contribution in [3.8, 4) is 0 Å². The molecule has 0 saturated carbocycles. The summed E-state index contributed by atoms with van der Waals surface area (Å²) >= 11 is 6.54. The number of carbonyl (C=O) groups is 3. The molecule has 6 rings (SSSR count). The predicted molar refractivity (Wildman–Crippen MR) is 143 cm³/mol. The fourth-order valence-electron chi connectivity index (χ4n) is 6.49. The number of hydrogen-bond donors (Lipinski definition) is 1. The molecule has 2 aromatic rings. The van der Waals surface area contributed by atoms with Crippen LogP contribution in [0.3, 0.4) is 0 Å². The van der Waals surface area contributed by atoms with Gasteiger partial charge in [-0.1, -0.05) is 66.2 Å². The third-order valence-electron chi connectivity index (χ3n) is 8.03. The fraction of sp³-hybridized carbons (Fsp3) is 0.345. The SMILES string of the molecule is Cc1cccc(Cl)c1N1CC=C[C@]23O[C@@H]4C=CCN(c5ccccc5)C(=O)[C@@H]4[C@H]2C(=O)N(CCO)C3C1=O. The maximum absolute atomic E-state index is 14.3. The minimum atomic E-state index is -1.36. The Kier molecular flexibility index (Phi) is 6.13. The van der Waals surface area contributed by atoms with E-state index < -0.39 is 29.6 Å². The van der Waals surface area contributed by atoms with Crippen molar-refractivity contribution in [1.29, 1.82) is 0 Å². The van der Waals surface area contributed by atoms with Crippen LogP contribution in [0.2, 0.25) is 5.02 Å². The predicted octanol–water partition coefficient (Wildman–Crippen LogP) is 2.73. The standard InChI is InChI=1S/C29H28ClN3O5/c1-18-8-5-11-20(30)24(18)32-15-7-13-29-23(27(36)33(16-17-34)25(29)28(32)37)22-21(38-29)12-6-14-31(26(22)35)19-9-3-2-4-10-19/h2-13,21-23,25,34H,14-17H2,1H3/t21-,22+,23+,25?,29+/m1/s1. The van der Waals surface area contributed by atoms with Crippen molar-refractivity contribution in [2.24, 2.45) is 11.8 Å². The van der Waals surface area contributed by atoms with Gasteiger partial charge in [0.1, 0.15) is 11.6 Å². The van der Waals surface area contributed by atoms with Gasteiger partial charge in [0.15, 0.2) is 0 Å². The molecule has 9 heteroatoms. The minimum Gasteiger partial charge on any atom is -0.395 e. The largest absolute Gasteiger partial charge is 0.395 e. The van der Waals surface area contributed by atoms with Crippen molar-refractivity contribution < 1.29 is 24.2 Å². The highest BCUT2D eigenvalue weighted by atomic mass is 35.5. The van der Waals surface area contributed by atoms with Crippen LogP contribution in [-0.4, -0.2) is 71.7 Å². The number of benzene rings is 2. The van der Waals surface area contributed by atoms with Gasteiger partial charge in [-0.25, -0.2) is 0 Å². The highest BCUT2D eigenvalue weighted by Gasteiger charge is 2.71. The molecule has 1 N–H and O–H groups in total. The highest BCUT2D eigenvalue weighted by molar-refractivity contribution is 6.34. The first-order valence-electron chi connectivity index (χ1n) is 12.8. The van der Waals surface area contributed by atoms with E-state index in [1.165, 1.54) is 4.90 Å². The van der Waals surface area contributed by atoms with Crippen LogP contribution >= 0.6 is 11.6 Å². The van der Waals surface area contributed by atoms with Crippen molar-refractivity contribution in [1.82, 2.24) is 4.90 Å². The summed E-state index contributed by atoms with van der Waals surface area (Å²) in [6.07, 6.45) is 6.63. The Morgan fingerprint density at radius 3 is 2.47 bits per heavy atom. The molecule has 4 aliphatic heterocycles. The van der Waals surface area contributed by atoms with E-state index in [0.29, 0.717) is 17.3 Å². The highest BCUT2D eigenvalue weighted by Crippen LogP contribution is 2.54. The number of fused-ring (bicyclic) bond motifs is 2. The molecule has 0 bridgehead atoms. The van der Waals surface area contributed by atoms with Gasteiger partial charge in [0.25, 0.3) is 5.91 Å². The summed E-state index contributed by atoms with van der Waals surface area (Å²) in [7, 11) is 0. The second-order valence-electron chi connectivity index (χ2n) is 10.1. The van der Waals surface area contributed by atoms with Crippen LogP contribution in [0, 0.1) is 18.8 Å². The number of hydrogen-bond acceptors (Lipinski definition) is 5. The lowest BCUT2D eigenvalue weighted by Gasteiger charge is -2.35. The van der Waals surface area contributed by atoms with Crippen molar-refractivity contribution >= 4 is 40.7 Å². The Hall–Kier alpha value is -3.46. The number of anilines is 2. The van der Waals surface area contributed by atoms with Crippen molar-refractivity contribution in [2.45, 2.75) is 24.7 Å². The third kappa shape index (κ3) is 3.55. The summed E-state index contributed by atoms with van der Waals surface area (Å²) in [4.78, 5) is 47.0. The Labute approximate surface area is 225 Å². The molecule has 1 spiro atoms. The maximum atomic E-state index is 14.3. The number of aliphatic hydroxyl groups is 1. The summed E-state index contributed by atoms with van der Waals surface area (Å²) in [6.45, 7) is 2.08. The monoisotopic (exact) mass is 533 g/mol. The van der Waals surface area contributed by atoms with Gasteiger partial charge in [0.2, 0.25) is 11.8 Å². The van der Waals surface area contributed by atoms with E-state index in [1.54, 1.807) is 21.9 Å². The lowest BCUT2D eigenvalue weighted by Crippen LogP contribution is -2.56. The van der Waals surface area contributed by atoms with E-state index in [0.717, 1.165) is 11.3 Å². The first kappa shape index (κ1) is 24.9. The van der Waals surface area contributed by atoms with Crippen molar-refractivity contribution in [2.75, 3.05) is 36.0 Å². The number of aryl methyl sites for hydroxylation is 1. The number of rotatable bonds is 4. The van der Waals surface area contributed by atoms with Crippen LogP contribution in [0.15, 0.2) is 72.8 Å². The number of ether oxygens (including phenoxy) is 1. The van der Waals surface area contributed by atoms with E-state index in [-0.39, 0.29) is 37.4 Å². The van der Waals surface area contributed by atoms with Crippen molar-refractivity contribution in [3.63, 3.8) is 0 Å². The molecular weight excluding hydrogens is 506 g/mol. The van der Waals surface area contributed by atoms with Gasteiger partial charge in [0.05, 0.1) is 35.3 Å². The number of halogens is 1. The van der Waals surface area contributed by atoms with E-state index >= 15 is 0 Å². The van der Waals surface area contributed by atoms with Crippen LogP contribution in [-0.2, 0) is 19.1 Å². The van der Waals surface area contributed by atoms with Crippen molar-refractivity contribution in [3.05, 3.63) is 83.4 Å². The number of amides is 3. The summed E-state index contributed by atoms with van der Waals surface area (Å²) in [5.41, 5.74) is 0.756. The van der Waals surface area contributed by atoms with E-state index in [2.05, 4.69) is 0 Å². The summed E-state index contributed by atoms with van der Waals surface area (Å²) in [5.74, 6) is -2.70. The molecule has 38 heavy (non-hydrogen) atoms. The van der Waals surface area contributed by atoms with Gasteiger partial charge >= 0.3 is 0 Å². The van der Waals surface area contributed by atoms with Crippen LogP contribution < -0.4 is 9.80 Å². The Bertz CT molecular complexity index is 1340. The van der Waals surface area contributed by atoms with Gasteiger partial charge in [-0.2, -0.15) is 0 Å². The lowest BCUT2D eigenvalue weighted by atomic mass is 9.77. The molecule has 1 unspecified atom stereocenters. The molecule has 4 heterocycles. The van der Waals surface area contributed by atoms with E-state index in [4.69, 9.17) is 16.3 Å². The second-order valence-corrected chi connectivity index (χ2v) is 10.5. The number of nitrogens with zero attached hydrogens (tertiary/aromatic N) is 3. The Balaban J connectivity index is 1.45. The molecule has 2 fully saturated rings. The molecule has 8 nitrogen and oxygen atoms in total. The topological polar surface area (TPSA) is 90.4 Å². The normalized spacial score (nSPS) is 30.3.